The van der Waals surface area contributed by atoms with Crippen LogP contribution in [0.5, 0.6) is 5.75 Å². The standard InChI is InChI=1S/C16H18N4O/c1-11(16-18-10-19-20-16)17-9-12-7-8-15(21-2)14-6-4-3-5-13(12)14/h3-8,10-11,17H,9H2,1-2H3,(H,18,19,20). The summed E-state index contributed by atoms with van der Waals surface area (Å²) in [7, 11) is 1.70. The average Bonchev–Trinajstić information content (AvgIpc) is 3.06. The molecule has 0 bridgehead atoms. The van der Waals surface area contributed by atoms with Gasteiger partial charge in [-0.1, -0.05) is 30.3 Å². The van der Waals surface area contributed by atoms with Crippen LogP contribution in [-0.2, 0) is 6.54 Å². The predicted octanol–water partition coefficient (Wildman–Crippen LogP) is 2.82. The van der Waals surface area contributed by atoms with Crippen LogP contribution in [0.15, 0.2) is 42.7 Å². The van der Waals surface area contributed by atoms with Crippen molar-refractivity contribution in [3.8, 4) is 5.75 Å². The van der Waals surface area contributed by atoms with Crippen molar-refractivity contribution in [1.82, 2.24) is 20.5 Å². The van der Waals surface area contributed by atoms with Gasteiger partial charge in [0.2, 0.25) is 0 Å². The van der Waals surface area contributed by atoms with Crippen LogP contribution in [0.4, 0.5) is 0 Å². The van der Waals surface area contributed by atoms with Crippen LogP contribution in [0.3, 0.4) is 0 Å². The molecule has 0 fully saturated rings. The molecule has 0 amide bonds. The number of aromatic amines is 1. The van der Waals surface area contributed by atoms with Crippen molar-refractivity contribution in [2.24, 2.45) is 0 Å². The Hall–Kier alpha value is -2.40. The lowest BCUT2D eigenvalue weighted by atomic mass is 10.0. The molecule has 2 N–H and O–H groups in total. The molecule has 1 aromatic heterocycles. The highest BCUT2D eigenvalue weighted by atomic mass is 16.5. The molecule has 0 spiro atoms. The second-order valence-corrected chi connectivity index (χ2v) is 4.95. The molecule has 5 heteroatoms. The zero-order chi connectivity index (χ0) is 14.7. The van der Waals surface area contributed by atoms with Crippen LogP contribution >= 0.6 is 0 Å². The summed E-state index contributed by atoms with van der Waals surface area (Å²) in [5.74, 6) is 1.74. The first-order chi connectivity index (χ1) is 10.3. The molecular formula is C16H18N4O. The van der Waals surface area contributed by atoms with E-state index in [-0.39, 0.29) is 6.04 Å². The van der Waals surface area contributed by atoms with Gasteiger partial charge < -0.3 is 10.1 Å². The summed E-state index contributed by atoms with van der Waals surface area (Å²) in [6.45, 7) is 2.82. The Morgan fingerprint density at radius 3 is 2.71 bits per heavy atom. The van der Waals surface area contributed by atoms with Gasteiger partial charge in [-0.05, 0) is 23.9 Å². The Labute approximate surface area is 123 Å². The van der Waals surface area contributed by atoms with Crippen molar-refractivity contribution in [2.75, 3.05) is 7.11 Å². The SMILES string of the molecule is COc1ccc(CNC(C)c2ncn[nH]2)c2ccccc12. The first-order valence-electron chi connectivity index (χ1n) is 6.93. The van der Waals surface area contributed by atoms with E-state index < -0.39 is 0 Å². The van der Waals surface area contributed by atoms with Crippen molar-refractivity contribution in [1.29, 1.82) is 0 Å². The Morgan fingerprint density at radius 2 is 2.00 bits per heavy atom. The number of hydrogen-bond acceptors (Lipinski definition) is 4. The number of ether oxygens (including phenoxy) is 1. The first kappa shape index (κ1) is 13.6. The highest BCUT2D eigenvalue weighted by Crippen LogP contribution is 2.28. The summed E-state index contributed by atoms with van der Waals surface area (Å²) in [6.07, 6.45) is 1.52. The minimum Gasteiger partial charge on any atom is -0.496 e. The lowest BCUT2D eigenvalue weighted by Gasteiger charge is -2.14. The molecule has 21 heavy (non-hydrogen) atoms. The molecule has 1 heterocycles. The molecule has 0 saturated carbocycles. The summed E-state index contributed by atoms with van der Waals surface area (Å²) in [4.78, 5) is 4.17. The van der Waals surface area contributed by atoms with Crippen molar-refractivity contribution >= 4 is 10.8 Å². The second kappa shape index (κ2) is 5.93. The number of H-pyrrole nitrogens is 1. The number of rotatable bonds is 5. The Bertz CT molecular complexity index is 724. The topological polar surface area (TPSA) is 62.8 Å². The third-order valence-corrected chi connectivity index (χ3v) is 3.64. The van der Waals surface area contributed by atoms with Gasteiger partial charge in [0.15, 0.2) is 0 Å². The maximum Gasteiger partial charge on any atom is 0.141 e. The molecule has 1 atom stereocenters. The Kier molecular flexibility index (Phi) is 3.83. The molecule has 0 aliphatic heterocycles. The fourth-order valence-electron chi connectivity index (χ4n) is 2.45. The Morgan fingerprint density at radius 1 is 1.19 bits per heavy atom. The van der Waals surface area contributed by atoms with Gasteiger partial charge in [0.05, 0.1) is 13.2 Å². The van der Waals surface area contributed by atoms with E-state index in [1.165, 1.54) is 17.3 Å². The number of methoxy groups -OCH3 is 1. The van der Waals surface area contributed by atoms with Gasteiger partial charge in [0.25, 0.3) is 0 Å². The molecule has 3 rings (SSSR count). The number of benzene rings is 2. The summed E-state index contributed by atoms with van der Waals surface area (Å²) < 4.78 is 5.42. The lowest BCUT2D eigenvalue weighted by molar-refractivity contribution is 0.419. The molecule has 2 aromatic carbocycles. The van der Waals surface area contributed by atoms with E-state index in [1.807, 2.05) is 18.2 Å². The maximum atomic E-state index is 5.42. The third-order valence-electron chi connectivity index (χ3n) is 3.64. The van der Waals surface area contributed by atoms with E-state index in [9.17, 15) is 0 Å². The van der Waals surface area contributed by atoms with Crippen LogP contribution in [0.1, 0.15) is 24.4 Å². The smallest absolute Gasteiger partial charge is 0.141 e. The third kappa shape index (κ3) is 2.73. The van der Waals surface area contributed by atoms with Gasteiger partial charge in [-0.2, -0.15) is 5.10 Å². The van der Waals surface area contributed by atoms with Crippen LogP contribution in [0, 0.1) is 0 Å². The summed E-state index contributed by atoms with van der Waals surface area (Å²) in [6, 6.07) is 12.5. The summed E-state index contributed by atoms with van der Waals surface area (Å²) in [5, 5.41) is 12.6. The van der Waals surface area contributed by atoms with E-state index in [4.69, 9.17) is 4.74 Å². The van der Waals surface area contributed by atoms with Gasteiger partial charge in [-0.25, -0.2) is 4.98 Å². The fourth-order valence-corrected chi connectivity index (χ4v) is 2.45. The normalized spacial score (nSPS) is 12.5. The summed E-state index contributed by atoms with van der Waals surface area (Å²) >= 11 is 0. The maximum absolute atomic E-state index is 5.42. The molecule has 108 valence electrons. The minimum atomic E-state index is 0.119. The van der Waals surface area contributed by atoms with Crippen molar-refractivity contribution < 1.29 is 4.74 Å². The van der Waals surface area contributed by atoms with Gasteiger partial charge in [-0.15, -0.1) is 0 Å². The van der Waals surface area contributed by atoms with E-state index in [1.54, 1.807) is 7.11 Å². The van der Waals surface area contributed by atoms with E-state index in [0.717, 1.165) is 23.5 Å². The Balaban J connectivity index is 1.84. The molecule has 0 saturated heterocycles. The molecule has 5 nitrogen and oxygen atoms in total. The van der Waals surface area contributed by atoms with E-state index >= 15 is 0 Å². The van der Waals surface area contributed by atoms with E-state index in [2.05, 4.69) is 45.6 Å². The van der Waals surface area contributed by atoms with Crippen molar-refractivity contribution in [3.05, 3.63) is 54.1 Å². The highest BCUT2D eigenvalue weighted by Gasteiger charge is 2.10. The lowest BCUT2D eigenvalue weighted by Crippen LogP contribution is -2.19. The van der Waals surface area contributed by atoms with Gasteiger partial charge in [0.1, 0.15) is 17.9 Å². The monoisotopic (exact) mass is 282 g/mol. The molecule has 1 unspecified atom stereocenters. The molecular weight excluding hydrogens is 264 g/mol. The molecule has 3 aromatic rings. The number of nitrogens with zero attached hydrogens (tertiary/aromatic N) is 2. The van der Waals surface area contributed by atoms with Crippen LogP contribution in [-0.4, -0.2) is 22.3 Å². The zero-order valence-electron chi connectivity index (χ0n) is 12.1. The molecule has 0 aliphatic rings. The quantitative estimate of drug-likeness (QED) is 0.755. The van der Waals surface area contributed by atoms with Gasteiger partial charge in [0, 0.05) is 11.9 Å². The number of fused-ring (bicyclic) bond motifs is 1. The first-order valence-corrected chi connectivity index (χ1v) is 6.93. The van der Waals surface area contributed by atoms with Gasteiger partial charge >= 0.3 is 0 Å². The van der Waals surface area contributed by atoms with Crippen molar-refractivity contribution in [3.63, 3.8) is 0 Å². The van der Waals surface area contributed by atoms with E-state index in [0.29, 0.717) is 0 Å². The average molecular weight is 282 g/mol. The fraction of sp³-hybridized carbons (Fsp3) is 0.250. The number of nitrogens with one attached hydrogen (secondary N) is 2. The predicted molar refractivity (Wildman–Crippen MR) is 82.1 cm³/mol. The van der Waals surface area contributed by atoms with Crippen LogP contribution < -0.4 is 10.1 Å². The number of hydrogen-bond donors (Lipinski definition) is 2. The van der Waals surface area contributed by atoms with Crippen LogP contribution in [0.2, 0.25) is 0 Å². The minimum absolute atomic E-state index is 0.119. The number of aromatic nitrogens is 3. The highest BCUT2D eigenvalue weighted by molar-refractivity contribution is 5.91. The molecule has 0 aliphatic carbocycles. The zero-order valence-corrected chi connectivity index (χ0v) is 12.1. The largest absolute Gasteiger partial charge is 0.496 e. The van der Waals surface area contributed by atoms with Crippen LogP contribution in [0.25, 0.3) is 10.8 Å². The van der Waals surface area contributed by atoms with Crippen molar-refractivity contribution in [2.45, 2.75) is 19.5 Å². The second-order valence-electron chi connectivity index (χ2n) is 4.95. The van der Waals surface area contributed by atoms with Gasteiger partial charge in [-0.3, -0.25) is 5.10 Å². The molecule has 0 radical (unpaired) electrons. The summed E-state index contributed by atoms with van der Waals surface area (Å²) in [5.41, 5.74) is 1.23.